The summed E-state index contributed by atoms with van der Waals surface area (Å²) in [7, 11) is 0. The first-order chi connectivity index (χ1) is 9.10. The van der Waals surface area contributed by atoms with E-state index >= 15 is 0 Å². The van der Waals surface area contributed by atoms with E-state index in [4.69, 9.17) is 0 Å². The van der Waals surface area contributed by atoms with Gasteiger partial charge in [0.2, 0.25) is 0 Å². The van der Waals surface area contributed by atoms with Crippen molar-refractivity contribution in [2.75, 3.05) is 23.8 Å². The third kappa shape index (κ3) is 4.06. The molecule has 1 rings (SSSR count). The summed E-state index contributed by atoms with van der Waals surface area (Å²) >= 11 is 0. The summed E-state index contributed by atoms with van der Waals surface area (Å²) in [6.45, 7) is 9.15. The van der Waals surface area contributed by atoms with Crippen LogP contribution in [-0.2, 0) is 6.42 Å². The topological polar surface area (TPSA) is 70.1 Å². The summed E-state index contributed by atoms with van der Waals surface area (Å²) in [4.78, 5) is 8.65. The fourth-order valence-electron chi connectivity index (χ4n) is 1.85. The molecule has 1 heterocycles. The zero-order valence-electron chi connectivity index (χ0n) is 12.5. The molecule has 0 fully saturated rings. The lowest BCUT2D eigenvalue weighted by atomic mass is 9.99. The van der Waals surface area contributed by atoms with Crippen LogP contribution in [0.5, 0.6) is 0 Å². The second-order valence-corrected chi connectivity index (χ2v) is 5.03. The van der Waals surface area contributed by atoms with Crippen LogP contribution < -0.4 is 10.6 Å². The third-order valence-electron chi connectivity index (χ3n) is 3.34. The Morgan fingerprint density at radius 2 is 1.89 bits per heavy atom. The highest BCUT2D eigenvalue weighted by Crippen LogP contribution is 2.25. The Bertz CT molecular complexity index is 391. The number of anilines is 2. The molecule has 0 aliphatic rings. The van der Waals surface area contributed by atoms with E-state index in [1.165, 1.54) is 0 Å². The van der Waals surface area contributed by atoms with Crippen LogP contribution in [0.2, 0.25) is 0 Å². The van der Waals surface area contributed by atoms with Crippen molar-refractivity contribution >= 4 is 11.6 Å². The lowest BCUT2D eigenvalue weighted by molar-refractivity contribution is 0.218. The molecule has 19 heavy (non-hydrogen) atoms. The standard InChI is InChI=1S/C14H26N4O/c1-5-8-11-12(15-7-3)16-10-17-13(11)18-14(4,6-2)9-19/h10,19H,5-9H2,1-4H3,(H2,15,16,17,18). The van der Waals surface area contributed by atoms with Crippen molar-refractivity contribution in [1.29, 1.82) is 0 Å². The van der Waals surface area contributed by atoms with Crippen LogP contribution in [0.3, 0.4) is 0 Å². The van der Waals surface area contributed by atoms with Gasteiger partial charge in [-0.3, -0.25) is 0 Å². The highest BCUT2D eigenvalue weighted by atomic mass is 16.3. The van der Waals surface area contributed by atoms with Gasteiger partial charge >= 0.3 is 0 Å². The van der Waals surface area contributed by atoms with Gasteiger partial charge in [0.15, 0.2) is 0 Å². The molecule has 3 N–H and O–H groups in total. The molecule has 0 aliphatic heterocycles. The number of nitrogens with zero attached hydrogens (tertiary/aromatic N) is 2. The Morgan fingerprint density at radius 3 is 2.42 bits per heavy atom. The van der Waals surface area contributed by atoms with Crippen molar-refractivity contribution < 1.29 is 5.11 Å². The summed E-state index contributed by atoms with van der Waals surface area (Å²) in [5.41, 5.74) is 0.750. The summed E-state index contributed by atoms with van der Waals surface area (Å²) in [5.74, 6) is 1.71. The number of rotatable bonds is 8. The minimum atomic E-state index is -0.347. The summed E-state index contributed by atoms with van der Waals surface area (Å²) in [5, 5.41) is 16.2. The van der Waals surface area contributed by atoms with Gasteiger partial charge in [-0.15, -0.1) is 0 Å². The molecule has 0 saturated heterocycles. The highest BCUT2D eigenvalue weighted by Gasteiger charge is 2.23. The van der Waals surface area contributed by atoms with Gasteiger partial charge in [0.25, 0.3) is 0 Å². The van der Waals surface area contributed by atoms with Crippen molar-refractivity contribution in [1.82, 2.24) is 9.97 Å². The summed E-state index contributed by atoms with van der Waals surface area (Å²) < 4.78 is 0. The van der Waals surface area contributed by atoms with Gasteiger partial charge in [-0.25, -0.2) is 9.97 Å². The molecular formula is C14H26N4O. The molecule has 5 nitrogen and oxygen atoms in total. The number of aliphatic hydroxyl groups is 1. The molecule has 0 amide bonds. The van der Waals surface area contributed by atoms with Crippen molar-refractivity contribution in [3.05, 3.63) is 11.9 Å². The number of nitrogens with one attached hydrogen (secondary N) is 2. The lowest BCUT2D eigenvalue weighted by Gasteiger charge is -2.29. The molecule has 5 heteroatoms. The zero-order chi connectivity index (χ0) is 14.3. The molecular weight excluding hydrogens is 240 g/mol. The normalized spacial score (nSPS) is 13.9. The Hall–Kier alpha value is -1.36. The lowest BCUT2D eigenvalue weighted by Crippen LogP contribution is -2.38. The van der Waals surface area contributed by atoms with Crippen LogP contribution in [-0.4, -0.2) is 33.8 Å². The molecule has 1 aromatic heterocycles. The first-order valence-electron chi connectivity index (χ1n) is 7.07. The molecule has 0 spiro atoms. The van der Waals surface area contributed by atoms with Crippen LogP contribution in [0.4, 0.5) is 11.6 Å². The maximum Gasteiger partial charge on any atom is 0.135 e. The molecule has 108 valence electrons. The number of hydrogen-bond acceptors (Lipinski definition) is 5. The number of aromatic nitrogens is 2. The first-order valence-corrected chi connectivity index (χ1v) is 7.07. The second kappa shape index (κ2) is 7.28. The van der Waals surface area contributed by atoms with Crippen LogP contribution >= 0.6 is 0 Å². The predicted octanol–water partition coefficient (Wildman–Crippen LogP) is 2.43. The first kappa shape index (κ1) is 15.7. The van der Waals surface area contributed by atoms with Gasteiger partial charge in [-0.05, 0) is 26.7 Å². The van der Waals surface area contributed by atoms with Gasteiger partial charge < -0.3 is 15.7 Å². The quantitative estimate of drug-likeness (QED) is 0.674. The molecule has 0 radical (unpaired) electrons. The Kier molecular flexibility index (Phi) is 6.02. The number of aliphatic hydroxyl groups excluding tert-OH is 1. The van der Waals surface area contributed by atoms with E-state index in [1.54, 1.807) is 6.33 Å². The molecule has 1 unspecified atom stereocenters. The van der Waals surface area contributed by atoms with E-state index in [2.05, 4.69) is 41.4 Å². The van der Waals surface area contributed by atoms with Gasteiger partial charge in [0.1, 0.15) is 18.0 Å². The summed E-state index contributed by atoms with van der Waals surface area (Å²) in [6.07, 6.45) is 4.34. The van der Waals surface area contributed by atoms with Crippen molar-refractivity contribution in [2.24, 2.45) is 0 Å². The average Bonchev–Trinajstić information content (AvgIpc) is 2.42. The molecule has 1 aromatic rings. The van der Waals surface area contributed by atoms with Crippen molar-refractivity contribution in [2.45, 2.75) is 52.5 Å². The summed E-state index contributed by atoms with van der Waals surface area (Å²) in [6, 6.07) is 0. The molecule has 0 aliphatic carbocycles. The highest BCUT2D eigenvalue weighted by molar-refractivity contribution is 5.58. The molecule has 0 saturated carbocycles. The predicted molar refractivity (Wildman–Crippen MR) is 79.6 cm³/mol. The fraction of sp³-hybridized carbons (Fsp3) is 0.714. The van der Waals surface area contributed by atoms with Gasteiger partial charge in [0, 0.05) is 12.1 Å². The van der Waals surface area contributed by atoms with Gasteiger partial charge in [-0.1, -0.05) is 20.3 Å². The fourth-order valence-corrected chi connectivity index (χ4v) is 1.85. The Labute approximate surface area is 115 Å². The minimum Gasteiger partial charge on any atom is -0.394 e. The minimum absolute atomic E-state index is 0.0790. The SMILES string of the molecule is CCCc1c(NCC)ncnc1NC(C)(CC)CO. The van der Waals surface area contributed by atoms with Gasteiger partial charge in [-0.2, -0.15) is 0 Å². The smallest absolute Gasteiger partial charge is 0.135 e. The van der Waals surface area contributed by atoms with E-state index in [0.717, 1.165) is 43.0 Å². The maximum atomic E-state index is 9.52. The van der Waals surface area contributed by atoms with E-state index in [1.807, 2.05) is 6.92 Å². The average molecular weight is 266 g/mol. The zero-order valence-corrected chi connectivity index (χ0v) is 12.5. The van der Waals surface area contributed by atoms with E-state index in [0.29, 0.717) is 0 Å². The van der Waals surface area contributed by atoms with E-state index in [9.17, 15) is 5.11 Å². The van der Waals surface area contributed by atoms with Crippen LogP contribution in [0.15, 0.2) is 6.33 Å². The Balaban J connectivity index is 3.08. The number of hydrogen-bond donors (Lipinski definition) is 3. The maximum absolute atomic E-state index is 9.52. The van der Waals surface area contributed by atoms with Crippen LogP contribution in [0, 0.1) is 0 Å². The molecule has 1 atom stereocenters. The van der Waals surface area contributed by atoms with Crippen LogP contribution in [0.25, 0.3) is 0 Å². The molecule has 0 aromatic carbocycles. The Morgan fingerprint density at radius 1 is 1.21 bits per heavy atom. The third-order valence-corrected chi connectivity index (χ3v) is 3.34. The van der Waals surface area contributed by atoms with Crippen molar-refractivity contribution in [3.8, 4) is 0 Å². The molecule has 0 bridgehead atoms. The van der Waals surface area contributed by atoms with Gasteiger partial charge in [0.05, 0.1) is 12.1 Å². The van der Waals surface area contributed by atoms with E-state index < -0.39 is 0 Å². The van der Waals surface area contributed by atoms with Crippen LogP contribution in [0.1, 0.15) is 46.1 Å². The van der Waals surface area contributed by atoms with Crippen molar-refractivity contribution in [3.63, 3.8) is 0 Å². The second-order valence-electron chi connectivity index (χ2n) is 5.03. The largest absolute Gasteiger partial charge is 0.394 e. The monoisotopic (exact) mass is 266 g/mol. The van der Waals surface area contributed by atoms with E-state index in [-0.39, 0.29) is 12.1 Å².